The molecule has 1 fully saturated rings. The molecule has 0 aromatic rings. The van der Waals surface area contributed by atoms with E-state index in [0.29, 0.717) is 12.0 Å². The molecule has 94 valence electrons. The van der Waals surface area contributed by atoms with Crippen LogP contribution in [-0.2, 0) is 4.79 Å². The molecule has 1 aliphatic heterocycles. The Kier molecular flexibility index (Phi) is 5.81. The van der Waals surface area contributed by atoms with Crippen LogP contribution in [-0.4, -0.2) is 25.0 Å². The highest BCUT2D eigenvalue weighted by molar-refractivity contribution is 5.78. The van der Waals surface area contributed by atoms with Gasteiger partial charge < -0.3 is 10.6 Å². The van der Waals surface area contributed by atoms with Gasteiger partial charge in [0.25, 0.3) is 0 Å². The van der Waals surface area contributed by atoms with Crippen molar-refractivity contribution < 1.29 is 4.79 Å². The molecule has 2 N–H and O–H groups in total. The summed E-state index contributed by atoms with van der Waals surface area (Å²) in [5.74, 6) is 1.13. The van der Waals surface area contributed by atoms with Crippen LogP contribution in [0.3, 0.4) is 0 Å². The molecular formula is C13H26N2O. The standard InChI is InChI=1S/C13H26N2O/c1-4-11(5-2)9-15-13(16)12-6-7-14-10(3)8-12/h10-12,14H,4-9H2,1-3H3,(H,15,16). The summed E-state index contributed by atoms with van der Waals surface area (Å²) >= 11 is 0. The van der Waals surface area contributed by atoms with Crippen molar-refractivity contribution >= 4 is 5.91 Å². The molecule has 1 heterocycles. The van der Waals surface area contributed by atoms with Crippen LogP contribution in [0.25, 0.3) is 0 Å². The van der Waals surface area contributed by atoms with Gasteiger partial charge >= 0.3 is 0 Å². The zero-order chi connectivity index (χ0) is 12.0. The van der Waals surface area contributed by atoms with E-state index in [-0.39, 0.29) is 11.8 Å². The van der Waals surface area contributed by atoms with Crippen LogP contribution in [0, 0.1) is 11.8 Å². The molecule has 0 spiro atoms. The Morgan fingerprint density at radius 3 is 2.69 bits per heavy atom. The van der Waals surface area contributed by atoms with E-state index < -0.39 is 0 Å². The Morgan fingerprint density at radius 2 is 2.12 bits per heavy atom. The fraction of sp³-hybridized carbons (Fsp3) is 0.923. The van der Waals surface area contributed by atoms with Crippen LogP contribution >= 0.6 is 0 Å². The van der Waals surface area contributed by atoms with E-state index in [0.717, 1.165) is 38.8 Å². The monoisotopic (exact) mass is 226 g/mol. The van der Waals surface area contributed by atoms with Gasteiger partial charge in [-0.3, -0.25) is 4.79 Å². The highest BCUT2D eigenvalue weighted by Crippen LogP contribution is 2.16. The molecule has 1 aliphatic rings. The van der Waals surface area contributed by atoms with E-state index >= 15 is 0 Å². The predicted octanol–water partition coefficient (Wildman–Crippen LogP) is 1.93. The minimum Gasteiger partial charge on any atom is -0.356 e. The van der Waals surface area contributed by atoms with Crippen molar-refractivity contribution in [3.8, 4) is 0 Å². The molecule has 0 radical (unpaired) electrons. The van der Waals surface area contributed by atoms with Crippen LogP contribution in [0.5, 0.6) is 0 Å². The fourth-order valence-electron chi connectivity index (χ4n) is 2.34. The first-order valence-electron chi connectivity index (χ1n) is 6.68. The van der Waals surface area contributed by atoms with Gasteiger partial charge in [-0.2, -0.15) is 0 Å². The molecule has 2 atom stereocenters. The molecule has 1 saturated heterocycles. The first-order chi connectivity index (χ1) is 7.67. The van der Waals surface area contributed by atoms with Crippen LogP contribution in [0.15, 0.2) is 0 Å². The predicted molar refractivity (Wildman–Crippen MR) is 67.3 cm³/mol. The summed E-state index contributed by atoms with van der Waals surface area (Å²) in [7, 11) is 0. The second kappa shape index (κ2) is 6.89. The molecule has 3 heteroatoms. The molecule has 0 aliphatic carbocycles. The quantitative estimate of drug-likeness (QED) is 0.752. The first-order valence-corrected chi connectivity index (χ1v) is 6.68. The summed E-state index contributed by atoms with van der Waals surface area (Å²) in [6.45, 7) is 8.36. The van der Waals surface area contributed by atoms with Gasteiger partial charge in [-0.15, -0.1) is 0 Å². The van der Waals surface area contributed by atoms with Gasteiger partial charge in [-0.25, -0.2) is 0 Å². The fourth-order valence-corrected chi connectivity index (χ4v) is 2.34. The summed E-state index contributed by atoms with van der Waals surface area (Å²) in [5, 5.41) is 6.48. The Bertz CT molecular complexity index is 214. The number of carbonyl (C=O) groups is 1. The third-order valence-electron chi connectivity index (χ3n) is 3.71. The van der Waals surface area contributed by atoms with Crippen LogP contribution in [0.2, 0.25) is 0 Å². The highest BCUT2D eigenvalue weighted by atomic mass is 16.1. The van der Waals surface area contributed by atoms with Crippen LogP contribution < -0.4 is 10.6 Å². The minimum absolute atomic E-state index is 0.227. The van der Waals surface area contributed by atoms with Crippen LogP contribution in [0.4, 0.5) is 0 Å². The SMILES string of the molecule is CCC(CC)CNC(=O)C1CCNC(C)C1. The van der Waals surface area contributed by atoms with Crippen molar-refractivity contribution in [1.29, 1.82) is 0 Å². The molecular weight excluding hydrogens is 200 g/mol. The lowest BCUT2D eigenvalue weighted by molar-refractivity contribution is -0.126. The Morgan fingerprint density at radius 1 is 1.44 bits per heavy atom. The lowest BCUT2D eigenvalue weighted by Gasteiger charge is -2.27. The molecule has 2 unspecified atom stereocenters. The Balaban J connectivity index is 2.28. The van der Waals surface area contributed by atoms with Gasteiger partial charge in [-0.05, 0) is 32.2 Å². The van der Waals surface area contributed by atoms with Gasteiger partial charge in [0.1, 0.15) is 0 Å². The van der Waals surface area contributed by atoms with E-state index in [1.165, 1.54) is 0 Å². The van der Waals surface area contributed by atoms with E-state index in [1.54, 1.807) is 0 Å². The highest BCUT2D eigenvalue weighted by Gasteiger charge is 2.24. The smallest absolute Gasteiger partial charge is 0.223 e. The zero-order valence-corrected chi connectivity index (χ0v) is 10.9. The molecule has 0 bridgehead atoms. The van der Waals surface area contributed by atoms with Gasteiger partial charge in [0.2, 0.25) is 5.91 Å². The van der Waals surface area contributed by atoms with Gasteiger partial charge in [-0.1, -0.05) is 26.7 Å². The minimum atomic E-state index is 0.227. The average Bonchev–Trinajstić information content (AvgIpc) is 2.30. The summed E-state index contributed by atoms with van der Waals surface area (Å²) < 4.78 is 0. The summed E-state index contributed by atoms with van der Waals surface area (Å²) in [5.41, 5.74) is 0. The zero-order valence-electron chi connectivity index (χ0n) is 10.9. The molecule has 16 heavy (non-hydrogen) atoms. The number of rotatable bonds is 5. The molecule has 1 rings (SSSR count). The number of piperidine rings is 1. The number of hydrogen-bond acceptors (Lipinski definition) is 2. The molecule has 3 nitrogen and oxygen atoms in total. The van der Waals surface area contributed by atoms with E-state index in [4.69, 9.17) is 0 Å². The molecule has 0 aromatic heterocycles. The van der Waals surface area contributed by atoms with Crippen molar-refractivity contribution in [2.75, 3.05) is 13.1 Å². The van der Waals surface area contributed by atoms with Crippen molar-refractivity contribution in [1.82, 2.24) is 10.6 Å². The van der Waals surface area contributed by atoms with Crippen molar-refractivity contribution in [2.45, 2.75) is 52.5 Å². The molecule has 1 amide bonds. The maximum Gasteiger partial charge on any atom is 0.223 e. The van der Waals surface area contributed by atoms with Gasteiger partial charge in [0, 0.05) is 18.5 Å². The first kappa shape index (κ1) is 13.5. The largest absolute Gasteiger partial charge is 0.356 e. The van der Waals surface area contributed by atoms with E-state index in [1.807, 2.05) is 0 Å². The molecule has 0 aromatic carbocycles. The third-order valence-corrected chi connectivity index (χ3v) is 3.71. The number of amides is 1. The number of hydrogen-bond donors (Lipinski definition) is 2. The van der Waals surface area contributed by atoms with E-state index in [2.05, 4.69) is 31.4 Å². The Labute approximate surface area is 99.4 Å². The normalized spacial score (nSPS) is 25.8. The summed E-state index contributed by atoms with van der Waals surface area (Å²) in [4.78, 5) is 11.9. The summed E-state index contributed by atoms with van der Waals surface area (Å²) in [6, 6.07) is 0.484. The number of carbonyl (C=O) groups excluding carboxylic acids is 1. The van der Waals surface area contributed by atoms with E-state index in [9.17, 15) is 4.79 Å². The van der Waals surface area contributed by atoms with Gasteiger partial charge in [0.15, 0.2) is 0 Å². The lowest BCUT2D eigenvalue weighted by Crippen LogP contribution is -2.43. The number of nitrogens with one attached hydrogen (secondary N) is 2. The average molecular weight is 226 g/mol. The van der Waals surface area contributed by atoms with Crippen molar-refractivity contribution in [3.63, 3.8) is 0 Å². The van der Waals surface area contributed by atoms with Crippen molar-refractivity contribution in [3.05, 3.63) is 0 Å². The Hall–Kier alpha value is -0.570. The van der Waals surface area contributed by atoms with Crippen LogP contribution in [0.1, 0.15) is 46.5 Å². The molecule has 0 saturated carbocycles. The second-order valence-electron chi connectivity index (χ2n) is 5.00. The maximum absolute atomic E-state index is 11.9. The lowest BCUT2D eigenvalue weighted by atomic mass is 9.92. The third kappa shape index (κ3) is 4.12. The van der Waals surface area contributed by atoms with Gasteiger partial charge in [0.05, 0.1) is 0 Å². The topological polar surface area (TPSA) is 41.1 Å². The summed E-state index contributed by atoms with van der Waals surface area (Å²) in [6.07, 6.45) is 4.27. The van der Waals surface area contributed by atoms with Crippen molar-refractivity contribution in [2.24, 2.45) is 11.8 Å². The maximum atomic E-state index is 11.9. The second-order valence-corrected chi connectivity index (χ2v) is 5.00.